The van der Waals surface area contributed by atoms with Crippen molar-refractivity contribution in [2.45, 2.75) is 17.9 Å². The van der Waals surface area contributed by atoms with Gasteiger partial charge in [0.1, 0.15) is 6.04 Å². The minimum atomic E-state index is -4.28. The Morgan fingerprint density at radius 3 is 2.57 bits per heavy atom. The van der Waals surface area contributed by atoms with E-state index in [4.69, 9.17) is 5.11 Å². The molecular weight excluding hydrogens is 300 g/mol. The molecule has 1 saturated heterocycles. The standard InChI is InChI=1S/C12H12N2O6S/c1-7-11(16)13-10(15)6-14(7)21(19,20)9-5-3-2-4-8(9)12(17)18/h2-5,7H,6H2,1H3,(H,17,18)(H,13,15,16). The third-order valence-electron chi connectivity index (χ3n) is 3.08. The van der Waals surface area contributed by atoms with Gasteiger partial charge >= 0.3 is 5.97 Å². The fraction of sp³-hybridized carbons (Fsp3) is 0.250. The van der Waals surface area contributed by atoms with Crippen LogP contribution in [-0.2, 0) is 19.6 Å². The zero-order valence-corrected chi connectivity index (χ0v) is 11.8. The van der Waals surface area contributed by atoms with Crippen LogP contribution in [0.3, 0.4) is 0 Å². The Balaban J connectivity index is 2.54. The number of imide groups is 1. The minimum absolute atomic E-state index is 0.414. The first-order chi connectivity index (χ1) is 9.75. The van der Waals surface area contributed by atoms with E-state index in [1.807, 2.05) is 5.32 Å². The van der Waals surface area contributed by atoms with Gasteiger partial charge in [0.2, 0.25) is 21.8 Å². The van der Waals surface area contributed by atoms with Gasteiger partial charge in [-0.25, -0.2) is 13.2 Å². The number of hydrogen-bond donors (Lipinski definition) is 2. The lowest BCUT2D eigenvalue weighted by molar-refractivity contribution is -0.136. The average molecular weight is 312 g/mol. The summed E-state index contributed by atoms with van der Waals surface area (Å²) in [6.45, 7) is 0.784. The van der Waals surface area contributed by atoms with Crippen molar-refractivity contribution in [3.63, 3.8) is 0 Å². The maximum absolute atomic E-state index is 12.5. The average Bonchev–Trinajstić information content (AvgIpc) is 2.42. The number of carboxylic acid groups (broad SMARTS) is 1. The smallest absolute Gasteiger partial charge is 0.337 e. The van der Waals surface area contributed by atoms with Crippen LogP contribution in [0.1, 0.15) is 17.3 Å². The summed E-state index contributed by atoms with van der Waals surface area (Å²) < 4.78 is 25.8. The lowest BCUT2D eigenvalue weighted by Crippen LogP contribution is -2.58. The molecule has 0 bridgehead atoms. The molecule has 9 heteroatoms. The molecule has 1 heterocycles. The van der Waals surface area contributed by atoms with E-state index in [1.54, 1.807) is 0 Å². The van der Waals surface area contributed by atoms with E-state index in [9.17, 15) is 22.8 Å². The number of hydrogen-bond acceptors (Lipinski definition) is 5. The SMILES string of the molecule is CC1C(=O)NC(=O)CN1S(=O)(=O)c1ccccc1C(=O)O. The van der Waals surface area contributed by atoms with Gasteiger partial charge in [-0.15, -0.1) is 0 Å². The molecule has 2 amide bonds. The summed E-state index contributed by atoms with van der Waals surface area (Å²) in [6.07, 6.45) is 0. The Morgan fingerprint density at radius 1 is 1.33 bits per heavy atom. The Kier molecular flexibility index (Phi) is 3.79. The molecule has 1 aromatic rings. The van der Waals surface area contributed by atoms with E-state index in [0.29, 0.717) is 4.31 Å². The van der Waals surface area contributed by atoms with Crippen LogP contribution in [0.5, 0.6) is 0 Å². The number of carboxylic acids is 1. The van der Waals surface area contributed by atoms with Gasteiger partial charge in [-0.1, -0.05) is 12.1 Å². The fourth-order valence-corrected chi connectivity index (χ4v) is 3.71. The van der Waals surface area contributed by atoms with Crippen LogP contribution in [0.15, 0.2) is 29.2 Å². The van der Waals surface area contributed by atoms with Crippen LogP contribution in [0, 0.1) is 0 Å². The number of piperazine rings is 1. The second-order valence-corrected chi connectivity index (χ2v) is 6.30. The van der Waals surface area contributed by atoms with Gasteiger partial charge in [0.15, 0.2) is 0 Å². The highest BCUT2D eigenvalue weighted by Gasteiger charge is 2.40. The summed E-state index contributed by atoms with van der Waals surface area (Å²) in [4.78, 5) is 33.6. The van der Waals surface area contributed by atoms with E-state index in [0.717, 1.165) is 12.1 Å². The number of carbonyl (C=O) groups excluding carboxylic acids is 2. The maximum atomic E-state index is 12.5. The van der Waals surface area contributed by atoms with Gasteiger partial charge in [0.05, 0.1) is 17.0 Å². The Bertz CT molecular complexity index is 727. The summed E-state index contributed by atoms with van der Waals surface area (Å²) in [7, 11) is -4.28. The van der Waals surface area contributed by atoms with Gasteiger partial charge < -0.3 is 5.11 Å². The van der Waals surface area contributed by atoms with E-state index >= 15 is 0 Å². The third kappa shape index (κ3) is 2.65. The molecule has 2 rings (SSSR count). The number of nitrogens with one attached hydrogen (secondary N) is 1. The van der Waals surface area contributed by atoms with Crippen molar-refractivity contribution in [1.29, 1.82) is 0 Å². The number of benzene rings is 1. The van der Waals surface area contributed by atoms with Crippen LogP contribution in [-0.4, -0.2) is 48.2 Å². The topological polar surface area (TPSA) is 121 Å². The van der Waals surface area contributed by atoms with Gasteiger partial charge in [0, 0.05) is 0 Å². The highest BCUT2D eigenvalue weighted by molar-refractivity contribution is 7.89. The van der Waals surface area contributed by atoms with Crippen LogP contribution < -0.4 is 5.32 Å². The summed E-state index contributed by atoms with van der Waals surface area (Å²) in [6, 6.07) is 3.93. The molecular formula is C12H12N2O6S. The molecule has 1 fully saturated rings. The molecule has 1 aliphatic heterocycles. The lowest BCUT2D eigenvalue weighted by Gasteiger charge is -2.30. The number of sulfonamides is 1. The second-order valence-electron chi connectivity index (χ2n) is 4.44. The first-order valence-electron chi connectivity index (χ1n) is 5.93. The first kappa shape index (κ1) is 15.1. The molecule has 21 heavy (non-hydrogen) atoms. The molecule has 8 nitrogen and oxygen atoms in total. The van der Waals surface area contributed by atoms with Crippen LogP contribution in [0.4, 0.5) is 0 Å². The summed E-state index contributed by atoms with van der Waals surface area (Å²) in [5, 5.41) is 11.1. The van der Waals surface area contributed by atoms with E-state index in [2.05, 4.69) is 0 Å². The molecule has 1 aromatic carbocycles. The Morgan fingerprint density at radius 2 is 1.95 bits per heavy atom. The minimum Gasteiger partial charge on any atom is -0.478 e. The number of nitrogens with zero attached hydrogens (tertiary/aromatic N) is 1. The monoisotopic (exact) mass is 312 g/mol. The van der Waals surface area contributed by atoms with Crippen LogP contribution in [0.2, 0.25) is 0 Å². The van der Waals surface area contributed by atoms with Gasteiger partial charge in [0.25, 0.3) is 0 Å². The molecule has 112 valence electrons. The van der Waals surface area contributed by atoms with Crippen molar-refractivity contribution >= 4 is 27.8 Å². The van der Waals surface area contributed by atoms with Crippen molar-refractivity contribution in [1.82, 2.24) is 9.62 Å². The van der Waals surface area contributed by atoms with Gasteiger partial charge in [-0.2, -0.15) is 4.31 Å². The quantitative estimate of drug-likeness (QED) is 0.720. The summed E-state index contributed by atoms with van der Waals surface area (Å²) in [5.41, 5.74) is -0.414. The van der Waals surface area contributed by atoms with E-state index in [-0.39, 0.29) is 0 Å². The molecule has 0 radical (unpaired) electrons. The molecule has 0 aromatic heterocycles. The van der Waals surface area contributed by atoms with Crippen molar-refractivity contribution in [3.05, 3.63) is 29.8 Å². The van der Waals surface area contributed by atoms with Crippen LogP contribution in [0.25, 0.3) is 0 Å². The molecule has 0 spiro atoms. The Labute approximate surface area is 120 Å². The van der Waals surface area contributed by atoms with Crippen molar-refractivity contribution in [2.75, 3.05) is 6.54 Å². The zero-order chi connectivity index (χ0) is 15.8. The Hall–Kier alpha value is -2.26. The van der Waals surface area contributed by atoms with E-state index < -0.39 is 50.9 Å². The largest absolute Gasteiger partial charge is 0.478 e. The highest BCUT2D eigenvalue weighted by Crippen LogP contribution is 2.23. The maximum Gasteiger partial charge on any atom is 0.337 e. The van der Waals surface area contributed by atoms with Crippen molar-refractivity contribution in [3.8, 4) is 0 Å². The number of rotatable bonds is 3. The van der Waals surface area contributed by atoms with Crippen LogP contribution >= 0.6 is 0 Å². The normalized spacial score (nSPS) is 20.1. The number of aromatic carboxylic acids is 1. The summed E-state index contributed by atoms with van der Waals surface area (Å²) >= 11 is 0. The molecule has 1 aliphatic rings. The van der Waals surface area contributed by atoms with Gasteiger partial charge in [-0.3, -0.25) is 14.9 Å². The molecule has 1 unspecified atom stereocenters. The second kappa shape index (κ2) is 5.26. The zero-order valence-electron chi connectivity index (χ0n) is 10.9. The highest BCUT2D eigenvalue weighted by atomic mass is 32.2. The third-order valence-corrected chi connectivity index (χ3v) is 5.05. The fourth-order valence-electron chi connectivity index (χ4n) is 1.98. The van der Waals surface area contributed by atoms with Crippen molar-refractivity contribution in [2.24, 2.45) is 0 Å². The van der Waals surface area contributed by atoms with E-state index in [1.165, 1.54) is 19.1 Å². The number of amides is 2. The molecule has 0 saturated carbocycles. The molecule has 0 aliphatic carbocycles. The molecule has 1 atom stereocenters. The first-order valence-corrected chi connectivity index (χ1v) is 7.37. The number of carbonyl (C=O) groups is 3. The molecule has 2 N–H and O–H groups in total. The van der Waals surface area contributed by atoms with Gasteiger partial charge in [-0.05, 0) is 19.1 Å². The van der Waals surface area contributed by atoms with Crippen molar-refractivity contribution < 1.29 is 27.9 Å². The predicted octanol–water partition coefficient (Wildman–Crippen LogP) is -0.580. The predicted molar refractivity (Wildman–Crippen MR) is 69.9 cm³/mol. The summed E-state index contributed by atoms with van der Waals surface area (Å²) in [5.74, 6) is -2.91. The lowest BCUT2D eigenvalue weighted by atomic mass is 10.2.